The van der Waals surface area contributed by atoms with E-state index in [0.717, 1.165) is 10.5 Å². The average molecular weight is 448 g/mol. The molecule has 0 unspecified atom stereocenters. The van der Waals surface area contributed by atoms with Crippen LogP contribution in [0.2, 0.25) is 0 Å². The number of carbonyl (C=O) groups excluding carboxylic acids is 2. The number of nitrogens with zero attached hydrogens (tertiary/aromatic N) is 1. The zero-order valence-electron chi connectivity index (χ0n) is 17.7. The molecular weight excluding hydrogens is 425 g/mol. The molecule has 0 aliphatic carbocycles. The molecule has 0 N–H and O–H groups in total. The Labute approximate surface area is 190 Å². The number of hydrogen-bond donors (Lipinski definition) is 0. The molecule has 3 aromatic carbocycles. The van der Waals surface area contributed by atoms with Crippen molar-refractivity contribution in [2.45, 2.75) is 25.7 Å². The first-order valence-electron chi connectivity index (χ1n) is 10.3. The van der Waals surface area contributed by atoms with E-state index in [1.165, 1.54) is 36.0 Å². The lowest BCUT2D eigenvalue weighted by Crippen LogP contribution is -2.31. The Bertz CT molecular complexity index is 1160. The molecule has 3 aromatic rings. The van der Waals surface area contributed by atoms with E-state index in [9.17, 15) is 14.0 Å². The number of ether oxygens (including phenoxy) is 1. The summed E-state index contributed by atoms with van der Waals surface area (Å²) >= 11 is 1.33. The van der Waals surface area contributed by atoms with Crippen LogP contribution in [-0.2, 0) is 15.3 Å². The Hall–Kier alpha value is -3.38. The molecule has 1 aliphatic heterocycles. The summed E-state index contributed by atoms with van der Waals surface area (Å²) in [6.45, 7) is 3.88. The molecule has 1 aliphatic rings. The highest BCUT2D eigenvalue weighted by atomic mass is 32.2. The van der Waals surface area contributed by atoms with Crippen molar-refractivity contribution < 1.29 is 18.7 Å². The molecule has 2 amide bonds. The van der Waals surface area contributed by atoms with Crippen LogP contribution >= 0.6 is 11.8 Å². The second-order valence-corrected chi connectivity index (χ2v) is 8.58. The maximum Gasteiger partial charge on any atom is 0.272 e. The van der Waals surface area contributed by atoms with Crippen molar-refractivity contribution in [1.82, 2.24) is 0 Å². The number of carbonyl (C=O) groups is 2. The third-order valence-corrected chi connectivity index (χ3v) is 6.01. The minimum Gasteiger partial charge on any atom is -0.491 e. The third-order valence-electron chi connectivity index (χ3n) is 4.87. The minimum atomic E-state index is -0.430. The lowest BCUT2D eigenvalue weighted by Gasteiger charge is -2.15. The van der Waals surface area contributed by atoms with Crippen LogP contribution in [0.25, 0.3) is 5.57 Å². The maximum atomic E-state index is 13.4. The number of benzene rings is 3. The number of halogens is 1. The van der Waals surface area contributed by atoms with Gasteiger partial charge in [0, 0.05) is 5.75 Å². The van der Waals surface area contributed by atoms with Crippen molar-refractivity contribution in [2.75, 3.05) is 4.90 Å². The molecule has 0 spiro atoms. The molecule has 6 heteroatoms. The van der Waals surface area contributed by atoms with E-state index in [-0.39, 0.29) is 6.10 Å². The summed E-state index contributed by atoms with van der Waals surface area (Å²) in [5.74, 6) is -0.0185. The van der Waals surface area contributed by atoms with Gasteiger partial charge in [0.2, 0.25) is 0 Å². The standard InChI is InChI=1S/C26H22FNO3S/c1-17(2)31-22-14-8-19(9-15-22)23-24(32-16-18-6-4-3-5-7-18)26(30)28(25(23)29)21-12-10-20(27)11-13-21/h3-15,17H,16H2,1-2H3. The molecule has 4 nitrogen and oxygen atoms in total. The van der Waals surface area contributed by atoms with Crippen LogP contribution < -0.4 is 9.64 Å². The second-order valence-electron chi connectivity index (χ2n) is 7.59. The molecule has 32 heavy (non-hydrogen) atoms. The highest BCUT2D eigenvalue weighted by molar-refractivity contribution is 8.03. The number of rotatable bonds is 7. The highest BCUT2D eigenvalue weighted by Crippen LogP contribution is 2.40. The van der Waals surface area contributed by atoms with E-state index < -0.39 is 17.6 Å². The van der Waals surface area contributed by atoms with Crippen LogP contribution in [0.5, 0.6) is 5.75 Å². The molecule has 0 aromatic heterocycles. The summed E-state index contributed by atoms with van der Waals surface area (Å²) in [6.07, 6.45) is 0.0284. The molecule has 0 saturated carbocycles. The molecule has 0 fully saturated rings. The van der Waals surface area contributed by atoms with Crippen LogP contribution in [0.15, 0.2) is 83.8 Å². The smallest absolute Gasteiger partial charge is 0.272 e. The van der Waals surface area contributed by atoms with Gasteiger partial charge in [-0.2, -0.15) is 0 Å². The molecular formula is C26H22FNO3S. The number of anilines is 1. The summed E-state index contributed by atoms with van der Waals surface area (Å²) in [4.78, 5) is 28.2. The molecule has 0 bridgehead atoms. The first kappa shape index (κ1) is 21.8. The highest BCUT2D eigenvalue weighted by Gasteiger charge is 2.40. The summed E-state index contributed by atoms with van der Waals surface area (Å²) < 4.78 is 19.1. The lowest BCUT2D eigenvalue weighted by molar-refractivity contribution is -0.119. The van der Waals surface area contributed by atoms with Gasteiger partial charge in [-0.05, 0) is 61.4 Å². The number of hydrogen-bond acceptors (Lipinski definition) is 4. The normalized spacial score (nSPS) is 13.9. The SMILES string of the molecule is CC(C)Oc1ccc(C2=C(SCc3ccccc3)C(=O)N(c3ccc(F)cc3)C2=O)cc1. The molecule has 0 saturated heterocycles. The molecule has 1 heterocycles. The van der Waals surface area contributed by atoms with Crippen molar-refractivity contribution in [3.8, 4) is 5.75 Å². The first-order valence-corrected chi connectivity index (χ1v) is 11.2. The van der Waals surface area contributed by atoms with E-state index in [1.807, 2.05) is 44.2 Å². The van der Waals surface area contributed by atoms with Crippen molar-refractivity contribution in [1.29, 1.82) is 0 Å². The number of amides is 2. The minimum absolute atomic E-state index is 0.0284. The zero-order chi connectivity index (χ0) is 22.7. The van der Waals surface area contributed by atoms with Gasteiger partial charge < -0.3 is 4.74 Å². The summed E-state index contributed by atoms with van der Waals surface area (Å²) in [5, 5.41) is 0. The number of thioether (sulfide) groups is 1. The first-order chi connectivity index (χ1) is 15.4. The van der Waals surface area contributed by atoms with Crippen LogP contribution in [-0.4, -0.2) is 17.9 Å². The Morgan fingerprint density at radius 1 is 0.875 bits per heavy atom. The van der Waals surface area contributed by atoms with Crippen LogP contribution in [0, 0.1) is 5.82 Å². The van der Waals surface area contributed by atoms with E-state index in [2.05, 4.69) is 0 Å². The van der Waals surface area contributed by atoms with Gasteiger partial charge in [0.1, 0.15) is 11.6 Å². The van der Waals surface area contributed by atoms with Gasteiger partial charge in [-0.3, -0.25) is 9.59 Å². The van der Waals surface area contributed by atoms with Gasteiger partial charge in [0.15, 0.2) is 0 Å². The monoisotopic (exact) mass is 447 g/mol. The van der Waals surface area contributed by atoms with Crippen LogP contribution in [0.1, 0.15) is 25.0 Å². The third kappa shape index (κ3) is 4.60. The molecule has 0 atom stereocenters. The predicted molar refractivity (Wildman–Crippen MR) is 126 cm³/mol. The van der Waals surface area contributed by atoms with Gasteiger partial charge in [0.25, 0.3) is 11.8 Å². The molecule has 162 valence electrons. The Kier molecular flexibility index (Phi) is 6.42. The quantitative estimate of drug-likeness (QED) is 0.428. The van der Waals surface area contributed by atoms with E-state index >= 15 is 0 Å². The zero-order valence-corrected chi connectivity index (χ0v) is 18.6. The van der Waals surface area contributed by atoms with Gasteiger partial charge in [-0.1, -0.05) is 42.5 Å². The largest absolute Gasteiger partial charge is 0.491 e. The predicted octanol–water partition coefficient (Wildman–Crippen LogP) is 5.83. The van der Waals surface area contributed by atoms with E-state index in [0.29, 0.717) is 33.2 Å². The van der Waals surface area contributed by atoms with Gasteiger partial charge >= 0.3 is 0 Å². The fraction of sp³-hybridized carbons (Fsp3) is 0.154. The van der Waals surface area contributed by atoms with E-state index in [1.54, 1.807) is 24.3 Å². The number of imide groups is 1. The second kappa shape index (κ2) is 9.40. The van der Waals surface area contributed by atoms with Gasteiger partial charge in [0.05, 0.1) is 22.3 Å². The van der Waals surface area contributed by atoms with Crippen molar-refractivity contribution in [3.63, 3.8) is 0 Å². The van der Waals surface area contributed by atoms with Crippen molar-refractivity contribution in [2.24, 2.45) is 0 Å². The maximum absolute atomic E-state index is 13.4. The van der Waals surface area contributed by atoms with Gasteiger partial charge in [-0.25, -0.2) is 9.29 Å². The van der Waals surface area contributed by atoms with Crippen molar-refractivity contribution >= 4 is 34.8 Å². The van der Waals surface area contributed by atoms with Crippen LogP contribution in [0.4, 0.5) is 10.1 Å². The fourth-order valence-corrected chi connectivity index (χ4v) is 4.49. The Morgan fingerprint density at radius 3 is 2.16 bits per heavy atom. The Balaban J connectivity index is 1.71. The Morgan fingerprint density at radius 2 is 1.53 bits per heavy atom. The summed E-state index contributed by atoms with van der Waals surface area (Å²) in [5.41, 5.74) is 2.37. The van der Waals surface area contributed by atoms with Crippen molar-refractivity contribution in [3.05, 3.63) is 101 Å². The van der Waals surface area contributed by atoms with Gasteiger partial charge in [-0.15, -0.1) is 11.8 Å². The molecule has 0 radical (unpaired) electrons. The average Bonchev–Trinajstić information content (AvgIpc) is 3.03. The van der Waals surface area contributed by atoms with Crippen LogP contribution in [0.3, 0.4) is 0 Å². The van der Waals surface area contributed by atoms with E-state index in [4.69, 9.17) is 4.74 Å². The lowest BCUT2D eigenvalue weighted by atomic mass is 10.1. The fourth-order valence-electron chi connectivity index (χ4n) is 3.42. The summed E-state index contributed by atoms with van der Waals surface area (Å²) in [7, 11) is 0. The summed E-state index contributed by atoms with van der Waals surface area (Å²) in [6, 6.07) is 22.3. The molecule has 4 rings (SSSR count). The topological polar surface area (TPSA) is 46.6 Å².